The minimum absolute atomic E-state index is 0.0708. The molecule has 98 valence electrons. The second-order valence-electron chi connectivity index (χ2n) is 5.13. The summed E-state index contributed by atoms with van der Waals surface area (Å²) in [6.45, 7) is 6.25. The lowest BCUT2D eigenvalue weighted by Gasteiger charge is -2.18. The zero-order valence-electron chi connectivity index (χ0n) is 10.6. The Balaban J connectivity index is 2.97. The second kappa shape index (κ2) is 4.99. The van der Waals surface area contributed by atoms with E-state index in [1.54, 1.807) is 0 Å². The smallest absolute Gasteiger partial charge is 0.300 e. The topological polar surface area (TPSA) is 111 Å². The second-order valence-corrected chi connectivity index (χ2v) is 5.13. The number of nitro groups is 1. The molecule has 0 spiro atoms. The summed E-state index contributed by atoms with van der Waals surface area (Å²) in [6.07, 6.45) is 0.987. The van der Waals surface area contributed by atoms with Gasteiger partial charge >= 0.3 is 0 Å². The van der Waals surface area contributed by atoms with E-state index in [4.69, 9.17) is 5.73 Å². The maximum absolute atomic E-state index is 11.9. The van der Waals surface area contributed by atoms with Gasteiger partial charge in [0.05, 0.1) is 4.92 Å². The molecule has 7 nitrogen and oxygen atoms in total. The number of nitrogens with zero attached hydrogens (tertiary/aromatic N) is 2. The van der Waals surface area contributed by atoms with Crippen molar-refractivity contribution in [2.24, 2.45) is 5.41 Å². The van der Waals surface area contributed by atoms with Gasteiger partial charge in [-0.3, -0.25) is 14.9 Å². The highest BCUT2D eigenvalue weighted by Gasteiger charge is 2.22. The molecule has 0 unspecified atom stereocenters. The summed E-state index contributed by atoms with van der Waals surface area (Å²) in [7, 11) is 0. The van der Waals surface area contributed by atoms with Crippen molar-refractivity contribution in [1.82, 2.24) is 10.3 Å². The Bertz CT molecular complexity index is 480. The molecule has 0 saturated carbocycles. The summed E-state index contributed by atoms with van der Waals surface area (Å²) in [6, 6.07) is 1.20. The van der Waals surface area contributed by atoms with Crippen LogP contribution in [0.4, 0.5) is 11.5 Å². The molecule has 0 aliphatic heterocycles. The fraction of sp³-hybridized carbons (Fsp3) is 0.455. The number of hydrogen-bond acceptors (Lipinski definition) is 5. The summed E-state index contributed by atoms with van der Waals surface area (Å²) in [5, 5.41) is 13.4. The summed E-state index contributed by atoms with van der Waals surface area (Å²) >= 11 is 0. The molecule has 0 aromatic carbocycles. The van der Waals surface area contributed by atoms with Crippen LogP contribution in [0.1, 0.15) is 31.1 Å². The number of pyridine rings is 1. The number of rotatable bonds is 3. The van der Waals surface area contributed by atoms with Crippen molar-refractivity contribution < 1.29 is 9.72 Å². The van der Waals surface area contributed by atoms with Crippen molar-refractivity contribution in [3.8, 4) is 0 Å². The number of carbonyl (C=O) groups excluding carboxylic acids is 1. The largest absolute Gasteiger partial charge is 0.384 e. The van der Waals surface area contributed by atoms with Gasteiger partial charge in [0.2, 0.25) is 0 Å². The molecule has 0 aliphatic carbocycles. The molecule has 0 radical (unpaired) electrons. The number of nitrogens with one attached hydrogen (secondary N) is 1. The number of aromatic nitrogens is 1. The van der Waals surface area contributed by atoms with Crippen LogP contribution < -0.4 is 11.1 Å². The molecule has 1 aromatic heterocycles. The third-order valence-corrected chi connectivity index (χ3v) is 2.12. The minimum atomic E-state index is -0.654. The molecule has 1 aromatic rings. The lowest BCUT2D eigenvalue weighted by atomic mass is 9.97. The van der Waals surface area contributed by atoms with Gasteiger partial charge in [-0.05, 0) is 11.5 Å². The molecule has 1 amide bonds. The van der Waals surface area contributed by atoms with Gasteiger partial charge in [-0.1, -0.05) is 20.8 Å². The van der Waals surface area contributed by atoms with Crippen LogP contribution >= 0.6 is 0 Å². The van der Waals surface area contributed by atoms with Crippen LogP contribution in [0, 0.1) is 15.5 Å². The number of nitrogens with two attached hydrogens (primary N) is 1. The highest BCUT2D eigenvalue weighted by atomic mass is 16.6. The minimum Gasteiger partial charge on any atom is -0.384 e. The van der Waals surface area contributed by atoms with Crippen molar-refractivity contribution in [3.63, 3.8) is 0 Å². The summed E-state index contributed by atoms with van der Waals surface area (Å²) in [5.41, 5.74) is 4.90. The predicted octanol–water partition coefficient (Wildman–Crippen LogP) is 1.35. The Morgan fingerprint density at radius 2 is 2.17 bits per heavy atom. The molecule has 0 aliphatic rings. The lowest BCUT2D eigenvalue weighted by molar-refractivity contribution is -0.385. The normalized spacial score (nSPS) is 11.1. The Kier molecular flexibility index (Phi) is 3.85. The van der Waals surface area contributed by atoms with Gasteiger partial charge in [-0.2, -0.15) is 0 Å². The van der Waals surface area contributed by atoms with E-state index in [1.807, 2.05) is 20.8 Å². The Labute approximate surface area is 105 Å². The number of carbonyl (C=O) groups is 1. The van der Waals surface area contributed by atoms with E-state index < -0.39 is 10.8 Å². The van der Waals surface area contributed by atoms with E-state index >= 15 is 0 Å². The van der Waals surface area contributed by atoms with Crippen LogP contribution in [0.15, 0.2) is 12.3 Å². The first-order valence-corrected chi connectivity index (χ1v) is 5.39. The van der Waals surface area contributed by atoms with Gasteiger partial charge in [0.25, 0.3) is 11.6 Å². The molecule has 0 fully saturated rings. The molecule has 0 atom stereocenters. The molecule has 1 heterocycles. The van der Waals surface area contributed by atoms with Crippen LogP contribution in [0.3, 0.4) is 0 Å². The van der Waals surface area contributed by atoms with Crippen molar-refractivity contribution in [2.75, 3.05) is 12.3 Å². The van der Waals surface area contributed by atoms with Crippen molar-refractivity contribution in [1.29, 1.82) is 0 Å². The van der Waals surface area contributed by atoms with Crippen LogP contribution in [0.5, 0.6) is 0 Å². The van der Waals surface area contributed by atoms with E-state index in [0.29, 0.717) is 6.54 Å². The first-order valence-electron chi connectivity index (χ1n) is 5.39. The third kappa shape index (κ3) is 3.69. The number of hydrogen-bond donors (Lipinski definition) is 2. The zero-order chi connectivity index (χ0) is 13.9. The van der Waals surface area contributed by atoms with E-state index in [9.17, 15) is 14.9 Å². The van der Waals surface area contributed by atoms with Crippen LogP contribution in [-0.2, 0) is 0 Å². The summed E-state index contributed by atoms with van der Waals surface area (Å²) in [4.78, 5) is 25.6. The SMILES string of the molecule is CC(C)(C)CNC(=O)c1cc(N)ncc1[N+](=O)[O-]. The molecular weight excluding hydrogens is 236 g/mol. The Hall–Kier alpha value is -2.18. The van der Waals surface area contributed by atoms with Gasteiger partial charge in [-0.25, -0.2) is 4.98 Å². The predicted molar refractivity (Wildman–Crippen MR) is 67.1 cm³/mol. The van der Waals surface area contributed by atoms with E-state index in [2.05, 4.69) is 10.3 Å². The van der Waals surface area contributed by atoms with E-state index in [1.165, 1.54) is 6.07 Å². The van der Waals surface area contributed by atoms with E-state index in [-0.39, 0.29) is 22.5 Å². The van der Waals surface area contributed by atoms with E-state index in [0.717, 1.165) is 6.20 Å². The van der Waals surface area contributed by atoms with Gasteiger partial charge in [0.15, 0.2) is 0 Å². The summed E-state index contributed by atoms with van der Waals surface area (Å²) < 4.78 is 0. The Morgan fingerprint density at radius 3 is 2.67 bits per heavy atom. The first kappa shape index (κ1) is 13.9. The molecule has 1 rings (SSSR count). The molecule has 18 heavy (non-hydrogen) atoms. The molecule has 3 N–H and O–H groups in total. The van der Waals surface area contributed by atoms with Gasteiger partial charge in [0, 0.05) is 6.54 Å². The monoisotopic (exact) mass is 252 g/mol. The zero-order valence-corrected chi connectivity index (χ0v) is 10.6. The molecular formula is C11H16N4O3. The van der Waals surface area contributed by atoms with Crippen LogP contribution in [0.2, 0.25) is 0 Å². The van der Waals surface area contributed by atoms with Crippen molar-refractivity contribution in [3.05, 3.63) is 27.9 Å². The highest BCUT2D eigenvalue weighted by molar-refractivity contribution is 5.98. The average molecular weight is 252 g/mol. The van der Waals surface area contributed by atoms with Crippen molar-refractivity contribution >= 4 is 17.4 Å². The number of anilines is 1. The van der Waals surface area contributed by atoms with Crippen LogP contribution in [0.25, 0.3) is 0 Å². The average Bonchev–Trinajstić information content (AvgIpc) is 2.24. The van der Waals surface area contributed by atoms with Crippen molar-refractivity contribution in [2.45, 2.75) is 20.8 Å². The summed E-state index contributed by atoms with van der Waals surface area (Å²) in [5.74, 6) is -0.452. The highest BCUT2D eigenvalue weighted by Crippen LogP contribution is 2.19. The standard InChI is InChI=1S/C11H16N4O3/c1-11(2,3)6-14-10(16)7-4-9(12)13-5-8(7)15(17)18/h4-5H,6H2,1-3H3,(H2,12,13)(H,14,16). The fourth-order valence-corrected chi connectivity index (χ4v) is 1.23. The molecule has 0 saturated heterocycles. The fourth-order valence-electron chi connectivity index (χ4n) is 1.23. The maximum Gasteiger partial charge on any atom is 0.300 e. The van der Waals surface area contributed by atoms with Gasteiger partial charge in [-0.15, -0.1) is 0 Å². The molecule has 0 bridgehead atoms. The number of amides is 1. The Morgan fingerprint density at radius 1 is 1.56 bits per heavy atom. The van der Waals surface area contributed by atoms with Crippen LogP contribution in [-0.4, -0.2) is 22.4 Å². The van der Waals surface area contributed by atoms with Gasteiger partial charge < -0.3 is 11.1 Å². The lowest BCUT2D eigenvalue weighted by Crippen LogP contribution is -2.32. The molecule has 7 heteroatoms. The van der Waals surface area contributed by atoms with Gasteiger partial charge in [0.1, 0.15) is 17.6 Å². The first-order chi connectivity index (χ1) is 8.20. The quantitative estimate of drug-likeness (QED) is 0.623. The maximum atomic E-state index is 11.9. The number of nitrogen functional groups attached to an aromatic ring is 1. The third-order valence-electron chi connectivity index (χ3n) is 2.12.